The van der Waals surface area contributed by atoms with Gasteiger partial charge in [-0.15, -0.1) is 0 Å². The summed E-state index contributed by atoms with van der Waals surface area (Å²) in [6.45, 7) is 0. The van der Waals surface area contributed by atoms with E-state index in [1.54, 1.807) is 0 Å². The van der Waals surface area contributed by atoms with Gasteiger partial charge in [0.25, 0.3) is 0 Å². The fourth-order valence-electron chi connectivity index (χ4n) is 8.70. The van der Waals surface area contributed by atoms with E-state index in [4.69, 9.17) is 46.6 Å². The Morgan fingerprint density at radius 3 is 0.986 bits per heavy atom. The van der Waals surface area contributed by atoms with Crippen LogP contribution in [0.2, 0.25) is 0 Å². The molecule has 15 aromatic carbocycles. The van der Waals surface area contributed by atoms with Gasteiger partial charge in [0.2, 0.25) is 0 Å². The van der Waals surface area contributed by atoms with E-state index in [2.05, 4.69) is 0 Å². The molecule has 0 spiro atoms. The van der Waals surface area contributed by atoms with Crippen molar-refractivity contribution < 1.29 is 64.4 Å². The number of hydrogen-bond donors (Lipinski definition) is 0. The lowest BCUT2D eigenvalue weighted by molar-refractivity contribution is 1.63. The van der Waals surface area contributed by atoms with E-state index in [1.807, 2.05) is 0 Å². The van der Waals surface area contributed by atoms with E-state index in [0.29, 0.717) is 0 Å². The third kappa shape index (κ3) is 7.39. The smallest absolute Gasteiger partial charge is 0.0616 e. The van der Waals surface area contributed by atoms with Crippen LogP contribution >= 0.6 is 0 Å². The number of hydrogen-bond acceptors (Lipinski definition) is 0. The first-order chi connectivity index (χ1) is 56.3. The van der Waals surface area contributed by atoms with Crippen LogP contribution in [-0.2, 0) is 0 Å². The highest BCUT2D eigenvalue weighted by Crippen LogP contribution is 2.47. The average molecular weight is 984 g/mol. The van der Waals surface area contributed by atoms with Crippen molar-refractivity contribution in [1.29, 1.82) is 0 Å². The normalized spacial score (nSPS) is 20.4. The summed E-state index contributed by atoms with van der Waals surface area (Å²) in [5, 5.41) is -9.16. The molecule has 0 unspecified atom stereocenters. The highest BCUT2D eigenvalue weighted by molar-refractivity contribution is 6.25. The summed E-state index contributed by atoms with van der Waals surface area (Å²) in [5.74, 6) is 0. The van der Waals surface area contributed by atoms with Crippen molar-refractivity contribution in [3.63, 3.8) is 0 Å². The molecule has 15 aromatic rings. The average Bonchev–Trinajstić information content (AvgIpc) is 0.704. The SMILES string of the molecule is [2H]c1c([2H])c([2H])c2c([2H])c(-c3c4c([2H])c([2H])c([2H])c([2H])c4c(-c4c([2H])c([2H])c([2H])c5c([2H])c([2H])c([2H])c([2H])c45)c4c([2H])c([2H])c([2H])c([2H])c34)c([2H])c([2H])c2c1[2H].[2H]c1cc2c(-c3c([2H])c([2H])c([2H])c4c([2H])c([2H])c([2H])c([2H])c34)c3c([2H])c([2H])c([2H])c([2H])c3c(-c3c([2H])c([2H])c(-c4c([2H])c([2H])c5c([2H])c([2H])c([2H])c([2H])c5c4[2H])c([2H])c3[2H])c2c([2H])c1[2H]. The second-order valence-corrected chi connectivity index (χ2v) is 15.8. The summed E-state index contributed by atoms with van der Waals surface area (Å²) in [6, 6.07) is -39.5. The first-order valence-corrected chi connectivity index (χ1v) is 21.8. The minimum Gasteiger partial charge on any atom is -0.0616 e. The maximum atomic E-state index is 9.42. The summed E-state index contributed by atoms with van der Waals surface area (Å²) in [7, 11) is 0. The van der Waals surface area contributed by atoms with Gasteiger partial charge in [0.05, 0.1) is 64.4 Å². The van der Waals surface area contributed by atoms with Gasteiger partial charge >= 0.3 is 0 Å². The second kappa shape index (κ2) is 18.2. The predicted octanol–water partition coefficient (Wildman–Crippen LogP) is 20.9. The van der Waals surface area contributed by atoms with Crippen molar-refractivity contribution in [3.8, 4) is 55.6 Å². The molecule has 0 N–H and O–H groups in total. The molecule has 0 aromatic heterocycles. The molecule has 344 valence electrons. The van der Waals surface area contributed by atoms with E-state index >= 15 is 0 Å². The topological polar surface area (TPSA) is 0 Å². The number of benzene rings is 15. The fourth-order valence-corrected chi connectivity index (χ4v) is 8.70. The zero-order valence-corrected chi connectivity index (χ0v) is 37.1. The maximum Gasteiger partial charge on any atom is 0.0636 e. The molecule has 0 atom stereocenters. The Morgan fingerprint density at radius 2 is 0.486 bits per heavy atom. The van der Waals surface area contributed by atoms with E-state index in [1.165, 1.54) is 0 Å². The Kier molecular flexibility index (Phi) is 4.11. The van der Waals surface area contributed by atoms with Crippen molar-refractivity contribution >= 4 is 86.2 Å². The van der Waals surface area contributed by atoms with Crippen LogP contribution in [0.25, 0.3) is 142 Å². The number of rotatable bonds is 5. The summed E-state index contributed by atoms with van der Waals surface area (Å²) in [6.07, 6.45) is 0. The molecule has 74 heavy (non-hydrogen) atoms. The van der Waals surface area contributed by atoms with Crippen molar-refractivity contribution in [3.05, 3.63) is 290 Å². The maximum absolute atomic E-state index is 9.42. The lowest BCUT2D eigenvalue weighted by Crippen LogP contribution is -1.91. The molecule has 0 heteroatoms. The summed E-state index contributed by atoms with van der Waals surface area (Å²) < 4.78 is 414. The van der Waals surface area contributed by atoms with E-state index in [9.17, 15) is 17.8 Å². The van der Waals surface area contributed by atoms with Crippen LogP contribution in [0.5, 0.6) is 0 Å². The molecule has 0 fully saturated rings. The zero-order chi connectivity index (χ0) is 89.9. The van der Waals surface area contributed by atoms with Gasteiger partial charge in [-0.05, 0) is 154 Å². The summed E-state index contributed by atoms with van der Waals surface area (Å²) in [4.78, 5) is 0. The molecular weight excluding hydrogens is 889 g/mol. The largest absolute Gasteiger partial charge is 0.0636 e. The highest BCUT2D eigenvalue weighted by atomic mass is 14.2. The Balaban J connectivity index is 0.000000200. The second-order valence-electron chi connectivity index (χ2n) is 15.8. The summed E-state index contributed by atoms with van der Waals surface area (Å²) >= 11 is 0. The van der Waals surface area contributed by atoms with Gasteiger partial charge in [-0.1, -0.05) is 278 Å². The van der Waals surface area contributed by atoms with Crippen molar-refractivity contribution in [2.24, 2.45) is 0 Å². The van der Waals surface area contributed by atoms with Crippen molar-refractivity contribution in [1.82, 2.24) is 0 Å². The molecule has 15 rings (SSSR count). The molecular formula is C74H48. The van der Waals surface area contributed by atoms with Gasteiger partial charge in [-0.3, -0.25) is 0 Å². The van der Waals surface area contributed by atoms with E-state index in [-0.39, 0.29) is 0 Å². The molecule has 0 saturated heterocycles. The predicted molar refractivity (Wildman–Crippen MR) is 320 cm³/mol. The summed E-state index contributed by atoms with van der Waals surface area (Å²) in [5.41, 5.74) is -6.57. The third-order valence-corrected chi connectivity index (χ3v) is 11.8. The first-order valence-electron chi connectivity index (χ1n) is 45.3. The van der Waals surface area contributed by atoms with Gasteiger partial charge < -0.3 is 0 Å². The third-order valence-electron chi connectivity index (χ3n) is 11.8. The van der Waals surface area contributed by atoms with Gasteiger partial charge in [-0.2, -0.15) is 0 Å². The monoisotopic (exact) mass is 984 g/mol. The van der Waals surface area contributed by atoms with Gasteiger partial charge in [0.1, 0.15) is 0 Å². The fraction of sp³-hybridized carbons (Fsp3) is 0. The van der Waals surface area contributed by atoms with Crippen molar-refractivity contribution in [2.75, 3.05) is 0 Å². The molecule has 0 aliphatic rings. The Bertz CT molecular complexity index is 7390. The van der Waals surface area contributed by atoms with Crippen molar-refractivity contribution in [2.45, 2.75) is 0 Å². The van der Waals surface area contributed by atoms with Crippen LogP contribution in [0, 0.1) is 0 Å². The van der Waals surface area contributed by atoms with E-state index < -0.39 is 426 Å². The van der Waals surface area contributed by atoms with Gasteiger partial charge in [0.15, 0.2) is 0 Å². The molecule has 0 aliphatic carbocycles. The molecule has 0 saturated carbocycles. The van der Waals surface area contributed by atoms with E-state index in [0.717, 1.165) is 6.07 Å². The highest BCUT2D eigenvalue weighted by Gasteiger charge is 2.20. The Labute approximate surface area is 496 Å². The molecule has 0 amide bonds. The molecule has 0 heterocycles. The standard InChI is InChI=1S/C40H26.C34H22/c1-2-12-31-26-32(25-22-27(31)10-1)28-20-23-30(24-21-28)39-35-15-5-7-17-37(35)40(38-18-8-6-16-36(38)39)34-19-9-13-29-11-3-4-14-33(29)34;1-2-12-25-22-26(21-20-23(25)10-1)33-29-15-5-7-17-31(29)34(32-18-8-6-16-30(32)33)28-19-9-13-24-11-3-4-14-27(24)28/h1-26H;1-22H/i1D,2D,3D,4D,5D,6D,7D,8D,9D,10D,11D,12D,13D,14D,15D,16D,17D,19D,20D,21D,22D,23D,24D,25D,26D;1D,2D,3D,4D,5D,6D,7D,8D,9D,10D,11D,12D,13D,14D,15D,16D,17D,18D,19D,20D,21D,22D. The lowest BCUT2D eigenvalue weighted by Gasteiger charge is -2.19. The molecule has 0 radical (unpaired) electrons. The van der Waals surface area contributed by atoms with Crippen LogP contribution in [0.3, 0.4) is 0 Å². The van der Waals surface area contributed by atoms with Crippen LogP contribution in [0.1, 0.15) is 64.4 Å². The van der Waals surface area contributed by atoms with Crippen LogP contribution in [0.15, 0.2) is 290 Å². The molecule has 0 bridgehead atoms. The quantitative estimate of drug-likeness (QED) is 0.151. The molecule has 0 aliphatic heterocycles. The number of fused-ring (bicyclic) bond motifs is 8. The minimum atomic E-state index is -1.02. The van der Waals surface area contributed by atoms with Crippen LogP contribution < -0.4 is 0 Å². The molecule has 0 nitrogen and oxygen atoms in total. The van der Waals surface area contributed by atoms with Crippen LogP contribution in [0.4, 0.5) is 0 Å². The Morgan fingerprint density at radius 1 is 0.176 bits per heavy atom. The first kappa shape index (κ1) is 16.7. The lowest BCUT2D eigenvalue weighted by atomic mass is 9.84. The van der Waals surface area contributed by atoms with Crippen LogP contribution in [-0.4, -0.2) is 0 Å². The van der Waals surface area contributed by atoms with Gasteiger partial charge in [0, 0.05) is 0 Å². The zero-order valence-electron chi connectivity index (χ0n) is 84.1. The van der Waals surface area contributed by atoms with Gasteiger partial charge in [-0.25, -0.2) is 0 Å². The Hall–Kier alpha value is -9.62. The minimum absolute atomic E-state index is 0.423.